The molecule has 0 aromatic carbocycles. The van der Waals surface area contributed by atoms with E-state index in [1.807, 2.05) is 12.3 Å². The summed E-state index contributed by atoms with van der Waals surface area (Å²) in [4.78, 5) is 11.3. The zero-order valence-electron chi connectivity index (χ0n) is 8.10. The lowest BCUT2D eigenvalue weighted by Crippen LogP contribution is -2.31. The normalized spacial score (nSPS) is 11.7. The number of aromatic nitrogens is 2. The number of hydrogen-bond acceptors (Lipinski definition) is 2. The summed E-state index contributed by atoms with van der Waals surface area (Å²) in [5.41, 5.74) is 0. The highest BCUT2D eigenvalue weighted by Gasteiger charge is 2.04. The second-order valence-electron chi connectivity index (χ2n) is 2.98. The van der Waals surface area contributed by atoms with Crippen molar-refractivity contribution in [2.75, 3.05) is 0 Å². The number of aryl methyl sites for hydroxylation is 1. The lowest BCUT2D eigenvalue weighted by molar-refractivity contribution is -0.121. The SMILES string of the molecule is C#CC(C)NC(=O)CCn1cccn1. The zero-order valence-corrected chi connectivity index (χ0v) is 8.10. The summed E-state index contributed by atoms with van der Waals surface area (Å²) >= 11 is 0. The number of amides is 1. The zero-order chi connectivity index (χ0) is 10.4. The van der Waals surface area contributed by atoms with Gasteiger partial charge in [-0.15, -0.1) is 6.42 Å². The molecule has 0 bridgehead atoms. The molecular formula is C10H13N3O. The van der Waals surface area contributed by atoms with Gasteiger partial charge in [-0.25, -0.2) is 0 Å². The monoisotopic (exact) mass is 191 g/mol. The lowest BCUT2D eigenvalue weighted by atomic mass is 10.3. The first-order valence-electron chi connectivity index (χ1n) is 4.45. The van der Waals surface area contributed by atoms with E-state index in [0.717, 1.165) is 0 Å². The molecule has 1 aromatic rings. The highest BCUT2D eigenvalue weighted by molar-refractivity contribution is 5.76. The Balaban J connectivity index is 2.26. The molecule has 0 aliphatic rings. The molecule has 1 unspecified atom stereocenters. The fourth-order valence-electron chi connectivity index (χ4n) is 1.00. The van der Waals surface area contributed by atoms with E-state index < -0.39 is 0 Å². The number of rotatable bonds is 4. The standard InChI is InChI=1S/C10H13N3O/c1-3-9(2)12-10(14)5-8-13-7-4-6-11-13/h1,4,6-7,9H,5,8H2,2H3,(H,12,14). The van der Waals surface area contributed by atoms with E-state index in [-0.39, 0.29) is 11.9 Å². The molecule has 0 saturated heterocycles. The van der Waals surface area contributed by atoms with E-state index in [9.17, 15) is 4.79 Å². The molecule has 0 radical (unpaired) electrons. The van der Waals surface area contributed by atoms with Gasteiger partial charge in [-0.2, -0.15) is 5.10 Å². The number of hydrogen-bond donors (Lipinski definition) is 1. The molecular weight excluding hydrogens is 178 g/mol. The predicted molar refractivity (Wildman–Crippen MR) is 53.3 cm³/mol. The summed E-state index contributed by atoms with van der Waals surface area (Å²) in [5, 5.41) is 6.66. The third kappa shape index (κ3) is 3.31. The molecule has 0 aliphatic carbocycles. The van der Waals surface area contributed by atoms with Crippen molar-refractivity contribution in [3.05, 3.63) is 18.5 Å². The van der Waals surface area contributed by atoms with Gasteiger partial charge in [0.05, 0.1) is 6.04 Å². The summed E-state index contributed by atoms with van der Waals surface area (Å²) in [6.07, 6.45) is 9.03. The molecule has 0 saturated carbocycles. The summed E-state index contributed by atoms with van der Waals surface area (Å²) in [5.74, 6) is 2.38. The molecule has 1 N–H and O–H groups in total. The predicted octanol–water partition coefficient (Wildman–Crippen LogP) is 0.411. The van der Waals surface area contributed by atoms with Gasteiger partial charge in [0.2, 0.25) is 5.91 Å². The van der Waals surface area contributed by atoms with Crippen LogP contribution in [0.3, 0.4) is 0 Å². The Morgan fingerprint density at radius 3 is 3.14 bits per heavy atom. The average Bonchev–Trinajstić information content (AvgIpc) is 2.67. The Bertz CT molecular complexity index is 324. The van der Waals surface area contributed by atoms with Gasteiger partial charge >= 0.3 is 0 Å². The molecule has 1 amide bonds. The minimum atomic E-state index is -0.208. The first kappa shape index (κ1) is 10.3. The highest BCUT2D eigenvalue weighted by Crippen LogP contribution is 1.90. The van der Waals surface area contributed by atoms with Crippen molar-refractivity contribution < 1.29 is 4.79 Å². The van der Waals surface area contributed by atoms with Crippen LogP contribution in [0.4, 0.5) is 0 Å². The maximum Gasteiger partial charge on any atom is 0.222 e. The van der Waals surface area contributed by atoms with Crippen LogP contribution in [-0.4, -0.2) is 21.7 Å². The van der Waals surface area contributed by atoms with E-state index in [4.69, 9.17) is 6.42 Å². The smallest absolute Gasteiger partial charge is 0.222 e. The Hall–Kier alpha value is -1.76. The topological polar surface area (TPSA) is 46.9 Å². The minimum absolute atomic E-state index is 0.0500. The van der Waals surface area contributed by atoms with E-state index in [1.54, 1.807) is 17.8 Å². The van der Waals surface area contributed by atoms with Gasteiger partial charge in [-0.05, 0) is 13.0 Å². The van der Waals surface area contributed by atoms with Crippen molar-refractivity contribution in [1.29, 1.82) is 0 Å². The Kier molecular flexibility index (Phi) is 3.74. The third-order valence-electron chi connectivity index (χ3n) is 1.75. The fourth-order valence-corrected chi connectivity index (χ4v) is 1.00. The van der Waals surface area contributed by atoms with Gasteiger partial charge in [0.15, 0.2) is 0 Å². The lowest BCUT2D eigenvalue weighted by Gasteiger charge is -2.07. The van der Waals surface area contributed by atoms with Crippen LogP contribution in [0.5, 0.6) is 0 Å². The van der Waals surface area contributed by atoms with Crippen LogP contribution in [0, 0.1) is 12.3 Å². The summed E-state index contributed by atoms with van der Waals surface area (Å²) in [7, 11) is 0. The number of carbonyl (C=O) groups is 1. The highest BCUT2D eigenvalue weighted by atomic mass is 16.1. The van der Waals surface area contributed by atoms with Crippen LogP contribution in [0.25, 0.3) is 0 Å². The molecule has 1 aromatic heterocycles. The summed E-state index contributed by atoms with van der Waals surface area (Å²) in [6, 6.07) is 1.61. The van der Waals surface area contributed by atoms with Gasteiger partial charge in [0.25, 0.3) is 0 Å². The molecule has 14 heavy (non-hydrogen) atoms. The van der Waals surface area contributed by atoms with Crippen LogP contribution in [-0.2, 0) is 11.3 Å². The largest absolute Gasteiger partial charge is 0.343 e. The summed E-state index contributed by atoms with van der Waals surface area (Å²) < 4.78 is 1.71. The third-order valence-corrected chi connectivity index (χ3v) is 1.75. The number of nitrogens with one attached hydrogen (secondary N) is 1. The maximum atomic E-state index is 11.3. The number of terminal acetylenes is 1. The van der Waals surface area contributed by atoms with Crippen LogP contribution in [0.1, 0.15) is 13.3 Å². The Morgan fingerprint density at radius 2 is 2.57 bits per heavy atom. The maximum absolute atomic E-state index is 11.3. The molecule has 0 fully saturated rings. The van der Waals surface area contributed by atoms with Crippen LogP contribution >= 0.6 is 0 Å². The Morgan fingerprint density at radius 1 is 1.79 bits per heavy atom. The molecule has 1 atom stereocenters. The molecule has 0 spiro atoms. The molecule has 1 rings (SSSR count). The molecule has 4 nitrogen and oxygen atoms in total. The van der Waals surface area contributed by atoms with Crippen molar-refractivity contribution in [1.82, 2.24) is 15.1 Å². The van der Waals surface area contributed by atoms with Crippen LogP contribution in [0.15, 0.2) is 18.5 Å². The van der Waals surface area contributed by atoms with Gasteiger partial charge in [0.1, 0.15) is 0 Å². The van der Waals surface area contributed by atoms with Gasteiger partial charge in [-0.3, -0.25) is 9.48 Å². The van der Waals surface area contributed by atoms with Gasteiger partial charge in [-0.1, -0.05) is 5.92 Å². The van der Waals surface area contributed by atoms with Crippen LogP contribution in [0.2, 0.25) is 0 Å². The van der Waals surface area contributed by atoms with Crippen LogP contribution < -0.4 is 5.32 Å². The Labute approximate surface area is 83.3 Å². The average molecular weight is 191 g/mol. The number of nitrogens with zero attached hydrogens (tertiary/aromatic N) is 2. The van der Waals surface area contributed by atoms with E-state index in [2.05, 4.69) is 16.3 Å². The molecule has 4 heteroatoms. The van der Waals surface area contributed by atoms with Crippen molar-refractivity contribution in [3.63, 3.8) is 0 Å². The first-order valence-corrected chi connectivity index (χ1v) is 4.45. The first-order chi connectivity index (χ1) is 6.72. The van der Waals surface area contributed by atoms with E-state index in [0.29, 0.717) is 13.0 Å². The van der Waals surface area contributed by atoms with Crippen molar-refractivity contribution in [2.45, 2.75) is 25.9 Å². The molecule has 74 valence electrons. The van der Waals surface area contributed by atoms with Gasteiger partial charge < -0.3 is 5.32 Å². The minimum Gasteiger partial charge on any atom is -0.343 e. The van der Waals surface area contributed by atoms with Crippen molar-refractivity contribution >= 4 is 5.91 Å². The second-order valence-corrected chi connectivity index (χ2v) is 2.98. The van der Waals surface area contributed by atoms with Crippen molar-refractivity contribution in [2.24, 2.45) is 0 Å². The fraction of sp³-hybridized carbons (Fsp3) is 0.400. The van der Waals surface area contributed by atoms with Gasteiger partial charge in [0, 0.05) is 25.4 Å². The molecule has 1 heterocycles. The molecule has 0 aliphatic heterocycles. The van der Waals surface area contributed by atoms with E-state index in [1.165, 1.54) is 0 Å². The van der Waals surface area contributed by atoms with E-state index >= 15 is 0 Å². The van der Waals surface area contributed by atoms with Crippen molar-refractivity contribution in [3.8, 4) is 12.3 Å². The quantitative estimate of drug-likeness (QED) is 0.701. The summed E-state index contributed by atoms with van der Waals surface area (Å²) in [6.45, 7) is 2.35. The number of carbonyl (C=O) groups excluding carboxylic acids is 1. The second kappa shape index (κ2) is 5.07.